The number of carbonyl (C=O) groups is 1. The second kappa shape index (κ2) is 8.19. The monoisotopic (exact) mass is 312 g/mol. The van der Waals surface area contributed by atoms with Crippen LogP contribution in [0.4, 0.5) is 8.78 Å². The van der Waals surface area contributed by atoms with Crippen molar-refractivity contribution in [2.45, 2.75) is 31.8 Å². The predicted octanol–water partition coefficient (Wildman–Crippen LogP) is 1.86. The summed E-state index contributed by atoms with van der Waals surface area (Å²) in [5, 5.41) is 0. The Bertz CT molecular complexity index is 503. The number of ether oxygens (including phenoxy) is 1. The number of rotatable bonds is 6. The van der Waals surface area contributed by atoms with Gasteiger partial charge < -0.3 is 15.4 Å². The summed E-state index contributed by atoms with van der Waals surface area (Å²) in [6.07, 6.45) is 2.52. The molecule has 1 aromatic carbocycles. The van der Waals surface area contributed by atoms with Gasteiger partial charge in [0, 0.05) is 25.8 Å². The first kappa shape index (κ1) is 16.8. The fourth-order valence-corrected chi connectivity index (χ4v) is 2.54. The molecule has 0 unspecified atom stereocenters. The van der Waals surface area contributed by atoms with E-state index in [1.54, 1.807) is 4.90 Å². The molecule has 1 aliphatic heterocycles. The molecule has 0 bridgehead atoms. The fraction of sp³-hybridized carbons (Fsp3) is 0.562. The van der Waals surface area contributed by atoms with Crippen molar-refractivity contribution in [1.29, 1.82) is 0 Å². The zero-order valence-electron chi connectivity index (χ0n) is 12.6. The minimum Gasteiger partial charge on any atom is -0.378 e. The van der Waals surface area contributed by atoms with Gasteiger partial charge in [0.1, 0.15) is 11.6 Å². The summed E-state index contributed by atoms with van der Waals surface area (Å²) in [4.78, 5) is 13.9. The lowest BCUT2D eigenvalue weighted by atomic mass is 10.1. The van der Waals surface area contributed by atoms with Crippen LogP contribution in [0, 0.1) is 11.6 Å². The van der Waals surface area contributed by atoms with Gasteiger partial charge in [0.25, 0.3) is 0 Å². The lowest BCUT2D eigenvalue weighted by Gasteiger charge is -2.32. The van der Waals surface area contributed by atoms with Crippen LogP contribution < -0.4 is 5.73 Å². The molecule has 0 aliphatic carbocycles. The van der Waals surface area contributed by atoms with Crippen molar-refractivity contribution >= 4 is 5.91 Å². The molecule has 0 spiro atoms. The van der Waals surface area contributed by atoms with E-state index in [-0.39, 0.29) is 24.0 Å². The van der Waals surface area contributed by atoms with Crippen molar-refractivity contribution in [3.05, 3.63) is 35.4 Å². The van der Waals surface area contributed by atoms with E-state index in [1.807, 2.05) is 0 Å². The van der Waals surface area contributed by atoms with Gasteiger partial charge in [0.05, 0.1) is 12.5 Å². The fourth-order valence-electron chi connectivity index (χ4n) is 2.54. The van der Waals surface area contributed by atoms with Gasteiger partial charge in [-0.2, -0.15) is 0 Å². The quantitative estimate of drug-likeness (QED) is 0.816. The third-order valence-corrected chi connectivity index (χ3v) is 3.85. The van der Waals surface area contributed by atoms with Crippen LogP contribution >= 0.6 is 0 Å². The lowest BCUT2D eigenvalue weighted by Crippen LogP contribution is -2.41. The summed E-state index contributed by atoms with van der Waals surface area (Å²) in [7, 11) is 0. The molecule has 2 N–H and O–H groups in total. The molecule has 22 heavy (non-hydrogen) atoms. The molecule has 1 aliphatic rings. The van der Waals surface area contributed by atoms with Crippen LogP contribution in [-0.4, -0.2) is 43.2 Å². The van der Waals surface area contributed by atoms with Crippen molar-refractivity contribution in [3.63, 3.8) is 0 Å². The molecule has 1 saturated heterocycles. The summed E-state index contributed by atoms with van der Waals surface area (Å²) < 4.78 is 32.1. The highest BCUT2D eigenvalue weighted by atomic mass is 19.1. The van der Waals surface area contributed by atoms with Gasteiger partial charge in [-0.15, -0.1) is 0 Å². The third kappa shape index (κ3) is 4.74. The minimum absolute atomic E-state index is 0.0369. The van der Waals surface area contributed by atoms with Gasteiger partial charge in [0.2, 0.25) is 5.91 Å². The Morgan fingerprint density at radius 2 is 2.05 bits per heavy atom. The first-order valence-corrected chi connectivity index (χ1v) is 7.63. The van der Waals surface area contributed by atoms with Gasteiger partial charge in [-0.05, 0) is 37.4 Å². The lowest BCUT2D eigenvalue weighted by molar-refractivity contribution is -0.133. The number of nitrogens with two attached hydrogens (primary N) is 1. The predicted molar refractivity (Wildman–Crippen MR) is 79.3 cm³/mol. The molecule has 1 fully saturated rings. The van der Waals surface area contributed by atoms with E-state index in [9.17, 15) is 13.6 Å². The maximum Gasteiger partial charge on any atom is 0.227 e. The molecular weight excluding hydrogens is 290 g/mol. The van der Waals surface area contributed by atoms with Crippen LogP contribution in [-0.2, 0) is 16.0 Å². The second-order valence-electron chi connectivity index (χ2n) is 5.51. The third-order valence-electron chi connectivity index (χ3n) is 3.85. The van der Waals surface area contributed by atoms with Crippen LogP contribution in [0.5, 0.6) is 0 Å². The molecule has 122 valence electrons. The van der Waals surface area contributed by atoms with E-state index in [1.165, 1.54) is 12.1 Å². The summed E-state index contributed by atoms with van der Waals surface area (Å²) in [5.74, 6) is -1.44. The van der Waals surface area contributed by atoms with Gasteiger partial charge >= 0.3 is 0 Å². The van der Waals surface area contributed by atoms with Gasteiger partial charge in [-0.25, -0.2) is 8.78 Å². The van der Waals surface area contributed by atoms with Gasteiger partial charge in [-0.3, -0.25) is 4.79 Å². The Kier molecular flexibility index (Phi) is 6.27. The highest BCUT2D eigenvalue weighted by Crippen LogP contribution is 2.17. The standard InChI is InChI=1S/C16H22F2N2O2/c17-13-3-2-12(15(18)11-13)10-16(21)20-7-4-14(5-8-20)22-9-1-6-19/h2-3,11,14H,1,4-10,19H2. The molecule has 1 aromatic rings. The number of nitrogens with zero attached hydrogens (tertiary/aromatic N) is 1. The summed E-state index contributed by atoms with van der Waals surface area (Å²) in [5.41, 5.74) is 5.64. The number of hydrogen-bond donors (Lipinski definition) is 1. The Morgan fingerprint density at radius 3 is 2.68 bits per heavy atom. The average molecular weight is 312 g/mol. The maximum atomic E-state index is 13.6. The van der Waals surface area contributed by atoms with Gasteiger partial charge in [-0.1, -0.05) is 6.07 Å². The molecule has 0 radical (unpaired) electrons. The van der Waals surface area contributed by atoms with E-state index in [0.717, 1.165) is 25.3 Å². The second-order valence-corrected chi connectivity index (χ2v) is 5.51. The normalized spacial score (nSPS) is 16.0. The van der Waals surface area contributed by atoms with Crippen molar-refractivity contribution in [3.8, 4) is 0 Å². The largest absolute Gasteiger partial charge is 0.378 e. The topological polar surface area (TPSA) is 55.6 Å². The molecule has 0 atom stereocenters. The number of benzene rings is 1. The Balaban J connectivity index is 1.80. The first-order chi connectivity index (χ1) is 10.6. The van der Waals surface area contributed by atoms with Crippen LogP contribution in [0.1, 0.15) is 24.8 Å². The summed E-state index contributed by atoms with van der Waals surface area (Å²) >= 11 is 0. The Labute approximate surface area is 129 Å². The minimum atomic E-state index is -0.673. The van der Waals surface area contributed by atoms with E-state index in [0.29, 0.717) is 26.2 Å². The van der Waals surface area contributed by atoms with Crippen LogP contribution in [0.2, 0.25) is 0 Å². The van der Waals surface area contributed by atoms with E-state index < -0.39 is 11.6 Å². The number of carbonyl (C=O) groups excluding carboxylic acids is 1. The first-order valence-electron chi connectivity index (χ1n) is 7.63. The van der Waals surface area contributed by atoms with Crippen molar-refractivity contribution in [2.24, 2.45) is 5.73 Å². The van der Waals surface area contributed by atoms with Gasteiger partial charge in [0.15, 0.2) is 0 Å². The number of amides is 1. The van der Waals surface area contributed by atoms with Crippen LogP contribution in [0.15, 0.2) is 18.2 Å². The zero-order valence-corrected chi connectivity index (χ0v) is 12.6. The number of likely N-dealkylation sites (tertiary alicyclic amines) is 1. The molecule has 6 heteroatoms. The Morgan fingerprint density at radius 1 is 1.32 bits per heavy atom. The highest BCUT2D eigenvalue weighted by Gasteiger charge is 2.23. The van der Waals surface area contributed by atoms with Crippen molar-refractivity contribution < 1.29 is 18.3 Å². The molecule has 0 saturated carbocycles. The molecule has 1 amide bonds. The number of piperidine rings is 1. The number of halogens is 2. The smallest absolute Gasteiger partial charge is 0.227 e. The summed E-state index contributed by atoms with van der Waals surface area (Å²) in [6.45, 7) is 2.47. The maximum absolute atomic E-state index is 13.6. The van der Waals surface area contributed by atoms with Crippen molar-refractivity contribution in [1.82, 2.24) is 4.90 Å². The molecule has 1 heterocycles. The number of hydrogen-bond acceptors (Lipinski definition) is 3. The van der Waals surface area contributed by atoms with E-state index in [4.69, 9.17) is 10.5 Å². The molecule has 2 rings (SSSR count). The van der Waals surface area contributed by atoms with E-state index >= 15 is 0 Å². The van der Waals surface area contributed by atoms with Crippen molar-refractivity contribution in [2.75, 3.05) is 26.2 Å². The SMILES string of the molecule is NCCCOC1CCN(C(=O)Cc2ccc(F)cc2F)CC1. The van der Waals surface area contributed by atoms with E-state index in [2.05, 4.69) is 0 Å². The Hall–Kier alpha value is -1.53. The molecular formula is C16H22F2N2O2. The zero-order chi connectivity index (χ0) is 15.9. The highest BCUT2D eigenvalue weighted by molar-refractivity contribution is 5.78. The van der Waals surface area contributed by atoms with Crippen LogP contribution in [0.25, 0.3) is 0 Å². The summed E-state index contributed by atoms with van der Waals surface area (Å²) in [6, 6.07) is 3.30. The molecule has 0 aromatic heterocycles. The average Bonchev–Trinajstić information content (AvgIpc) is 2.51. The molecule has 4 nitrogen and oxygen atoms in total. The van der Waals surface area contributed by atoms with Crippen LogP contribution in [0.3, 0.4) is 0 Å².